The number of hydrogen-bond acceptors (Lipinski definition) is 4. The van der Waals surface area contributed by atoms with Gasteiger partial charge in [-0.05, 0) is 18.2 Å². The molecule has 0 saturated carbocycles. The molecule has 0 aliphatic heterocycles. The van der Waals surface area contributed by atoms with Gasteiger partial charge in [0.25, 0.3) is 5.91 Å². The molecule has 5 nitrogen and oxygen atoms in total. The van der Waals surface area contributed by atoms with Gasteiger partial charge < -0.3 is 10.1 Å². The molecule has 0 bridgehead atoms. The molecule has 0 aliphatic rings. The molecule has 0 saturated heterocycles. The molecular weight excluding hydrogens is 422 g/mol. The van der Waals surface area contributed by atoms with Crippen LogP contribution in [-0.4, -0.2) is 24.4 Å². The Morgan fingerprint density at radius 1 is 1.08 bits per heavy atom. The van der Waals surface area contributed by atoms with Crippen LogP contribution in [-0.2, 0) is 14.3 Å². The van der Waals surface area contributed by atoms with Crippen LogP contribution in [0.2, 0.25) is 5.02 Å². The second kappa shape index (κ2) is 17.0. The monoisotopic (exact) mass is 449 g/mol. The predicted octanol–water partition coefficient (Wildman–Crippen LogP) is 5.53. The van der Waals surface area contributed by atoms with Crippen LogP contribution in [0.3, 0.4) is 0 Å². The molecule has 148 valence electrons. The van der Waals surface area contributed by atoms with Gasteiger partial charge in [0.2, 0.25) is 0 Å². The molecule has 0 aromatic heterocycles. The first kappa shape index (κ1) is 26.8. The van der Waals surface area contributed by atoms with Crippen LogP contribution in [0.1, 0.15) is 70.7 Å². The summed E-state index contributed by atoms with van der Waals surface area (Å²) in [5, 5.41) is 2.59. The molecule has 0 radical (unpaired) electrons. The Labute approximate surface area is 170 Å². The Bertz CT molecular complexity index is 562. The third kappa shape index (κ3) is 12.9. The summed E-state index contributed by atoms with van der Waals surface area (Å²) in [5.74, 6) is -1.97. The van der Waals surface area contributed by atoms with Crippen LogP contribution in [0.5, 0.6) is 0 Å². The largest absolute Gasteiger partial charge is 0.392 e. The van der Waals surface area contributed by atoms with Crippen LogP contribution >= 0.6 is 27.5 Å². The summed E-state index contributed by atoms with van der Waals surface area (Å²) in [6, 6.07) is 4.77. The van der Waals surface area contributed by atoms with Crippen LogP contribution in [0.4, 0.5) is 0 Å². The van der Waals surface area contributed by atoms with Crippen molar-refractivity contribution in [3.8, 4) is 0 Å². The lowest BCUT2D eigenvalue weighted by atomic mass is 10.2. The van der Waals surface area contributed by atoms with Gasteiger partial charge in [0, 0.05) is 10.9 Å². The summed E-state index contributed by atoms with van der Waals surface area (Å²) in [6.07, 6.45) is 4.17. The van der Waals surface area contributed by atoms with Gasteiger partial charge in [-0.2, -0.15) is 0 Å². The Morgan fingerprint density at radius 3 is 2.12 bits per heavy atom. The van der Waals surface area contributed by atoms with Crippen LogP contribution in [0.15, 0.2) is 22.7 Å². The van der Waals surface area contributed by atoms with Crippen molar-refractivity contribution in [3.05, 3.63) is 33.3 Å². The fourth-order valence-electron chi connectivity index (χ4n) is 1.51. The van der Waals surface area contributed by atoms with Crippen molar-refractivity contribution in [2.75, 3.05) is 6.54 Å². The molecule has 1 aromatic rings. The smallest absolute Gasteiger partial charge is 0.333 e. The average molecular weight is 451 g/mol. The minimum absolute atomic E-state index is 0.0944. The third-order valence-corrected chi connectivity index (χ3v) is 3.61. The van der Waals surface area contributed by atoms with E-state index in [2.05, 4.69) is 39.8 Å². The predicted molar refractivity (Wildman–Crippen MR) is 109 cm³/mol. The summed E-state index contributed by atoms with van der Waals surface area (Å²) in [7, 11) is 0. The highest BCUT2D eigenvalue weighted by Crippen LogP contribution is 2.20. The van der Waals surface area contributed by atoms with E-state index in [1.54, 1.807) is 19.1 Å². The van der Waals surface area contributed by atoms with Crippen molar-refractivity contribution in [3.63, 3.8) is 0 Å². The second-order valence-corrected chi connectivity index (χ2v) is 6.18. The number of carbonyl (C=O) groups excluding carboxylic acids is 3. The molecule has 0 spiro atoms. The first-order valence-electron chi connectivity index (χ1n) is 8.82. The third-order valence-electron chi connectivity index (χ3n) is 2.79. The van der Waals surface area contributed by atoms with Crippen molar-refractivity contribution in [2.45, 2.75) is 60.3 Å². The van der Waals surface area contributed by atoms with E-state index < -0.39 is 24.4 Å². The Morgan fingerprint density at radius 2 is 1.65 bits per heavy atom. The van der Waals surface area contributed by atoms with Gasteiger partial charge >= 0.3 is 11.9 Å². The first-order chi connectivity index (χ1) is 12.3. The van der Waals surface area contributed by atoms with Gasteiger partial charge in [0.05, 0.1) is 10.6 Å². The zero-order chi connectivity index (χ0) is 20.5. The second-order valence-electron chi connectivity index (χ2n) is 4.86. The number of carbonyl (C=O) groups is 3. The molecule has 0 atom stereocenters. The molecule has 0 heterocycles. The fourth-order valence-corrected chi connectivity index (χ4v) is 2.07. The summed E-state index contributed by atoms with van der Waals surface area (Å²) < 4.78 is 5.09. The van der Waals surface area contributed by atoms with Gasteiger partial charge in [-0.1, -0.05) is 81.4 Å². The van der Waals surface area contributed by atoms with Gasteiger partial charge in [0.1, 0.15) is 6.54 Å². The number of nitrogens with one attached hydrogen (secondary N) is 1. The molecule has 1 N–H and O–H groups in total. The maximum Gasteiger partial charge on any atom is 0.333 e. The topological polar surface area (TPSA) is 72.5 Å². The minimum Gasteiger partial charge on any atom is -0.392 e. The molecule has 26 heavy (non-hydrogen) atoms. The van der Waals surface area contributed by atoms with Gasteiger partial charge in [-0.15, -0.1) is 0 Å². The van der Waals surface area contributed by atoms with Crippen molar-refractivity contribution < 1.29 is 19.1 Å². The minimum atomic E-state index is -0.814. The number of halogens is 2. The van der Waals surface area contributed by atoms with Crippen molar-refractivity contribution in [1.29, 1.82) is 0 Å². The summed E-state index contributed by atoms with van der Waals surface area (Å²) in [6.45, 7) is 9.59. The maximum atomic E-state index is 11.8. The van der Waals surface area contributed by atoms with E-state index in [-0.39, 0.29) is 17.0 Å². The average Bonchev–Trinajstić information content (AvgIpc) is 2.64. The Hall–Kier alpha value is -1.40. The van der Waals surface area contributed by atoms with Crippen LogP contribution < -0.4 is 5.32 Å². The van der Waals surface area contributed by atoms with Crippen LogP contribution in [0, 0.1) is 0 Å². The number of hydrogen-bond donors (Lipinski definition) is 1. The zero-order valence-electron chi connectivity index (χ0n) is 16.2. The molecule has 0 aliphatic carbocycles. The zero-order valence-corrected chi connectivity index (χ0v) is 18.5. The number of unbranched alkanes of at least 4 members (excludes halogenated alkanes) is 2. The highest BCUT2D eigenvalue weighted by molar-refractivity contribution is 9.10. The SMILES string of the molecule is CC.CCC(=O)OC(=O)CNC(=O)c1cc(Br)ccc1Cl.CCCCC. The number of rotatable bonds is 6. The molecule has 0 fully saturated rings. The lowest BCUT2D eigenvalue weighted by Crippen LogP contribution is -2.31. The number of amides is 1. The van der Waals surface area contributed by atoms with Crippen molar-refractivity contribution in [1.82, 2.24) is 5.32 Å². The number of esters is 2. The van der Waals surface area contributed by atoms with E-state index in [0.717, 1.165) is 0 Å². The van der Waals surface area contributed by atoms with Crippen molar-refractivity contribution in [2.24, 2.45) is 0 Å². The highest BCUT2D eigenvalue weighted by Gasteiger charge is 2.14. The van der Waals surface area contributed by atoms with E-state index in [1.165, 1.54) is 25.3 Å². The molecule has 1 aromatic carbocycles. The van der Waals surface area contributed by atoms with Gasteiger partial charge in [0.15, 0.2) is 0 Å². The van der Waals surface area contributed by atoms with Crippen LogP contribution in [0.25, 0.3) is 0 Å². The molecular formula is C19H29BrClNO4. The molecule has 1 rings (SSSR count). The molecule has 7 heteroatoms. The number of benzene rings is 1. The van der Waals surface area contributed by atoms with E-state index in [9.17, 15) is 14.4 Å². The highest BCUT2D eigenvalue weighted by atomic mass is 79.9. The van der Waals surface area contributed by atoms with Gasteiger partial charge in [-0.25, -0.2) is 4.79 Å². The first-order valence-corrected chi connectivity index (χ1v) is 9.99. The lowest BCUT2D eigenvalue weighted by Gasteiger charge is -2.06. The lowest BCUT2D eigenvalue weighted by molar-refractivity contribution is -0.158. The normalized spacial score (nSPS) is 9.04. The van der Waals surface area contributed by atoms with E-state index in [1.807, 2.05) is 13.8 Å². The van der Waals surface area contributed by atoms with E-state index >= 15 is 0 Å². The maximum absolute atomic E-state index is 11.8. The summed E-state index contributed by atoms with van der Waals surface area (Å²) >= 11 is 9.07. The standard InChI is InChI=1S/C12H11BrClNO4.C5H12.C2H6/c1-2-10(16)19-11(17)6-15-12(18)8-5-7(13)3-4-9(8)14;1-3-5-4-2;1-2/h3-5H,2,6H2,1H3,(H,15,18);3-5H2,1-2H3;1-2H3. The summed E-state index contributed by atoms with van der Waals surface area (Å²) in [4.78, 5) is 33.8. The number of ether oxygens (including phenoxy) is 1. The summed E-state index contributed by atoms with van der Waals surface area (Å²) in [5.41, 5.74) is 0.227. The molecule has 0 unspecified atom stereocenters. The Kier molecular flexibility index (Phi) is 17.6. The molecule has 1 amide bonds. The Balaban J connectivity index is 0. The quantitative estimate of drug-likeness (QED) is 0.456. The fraction of sp³-hybridized carbons (Fsp3) is 0.526. The van der Waals surface area contributed by atoms with Crippen molar-refractivity contribution >= 4 is 45.4 Å². The van der Waals surface area contributed by atoms with Gasteiger partial charge in [-0.3, -0.25) is 9.59 Å². The van der Waals surface area contributed by atoms with E-state index in [0.29, 0.717) is 4.47 Å². The van der Waals surface area contributed by atoms with E-state index in [4.69, 9.17) is 11.6 Å².